The summed E-state index contributed by atoms with van der Waals surface area (Å²) >= 11 is 1.70. The highest BCUT2D eigenvalue weighted by atomic mass is 32.2. The van der Waals surface area contributed by atoms with E-state index in [9.17, 15) is 13.2 Å². The van der Waals surface area contributed by atoms with Crippen molar-refractivity contribution < 1.29 is 13.2 Å². The predicted octanol–water partition coefficient (Wildman–Crippen LogP) is 2.56. The number of nitrogens with zero attached hydrogens (tertiary/aromatic N) is 1. The van der Waals surface area contributed by atoms with Gasteiger partial charge in [-0.25, -0.2) is 0 Å². The Kier molecular flexibility index (Phi) is 4.51. The minimum absolute atomic E-state index is 0.103. The maximum absolute atomic E-state index is 12.3. The van der Waals surface area contributed by atoms with Crippen molar-refractivity contribution in [1.82, 2.24) is 5.32 Å². The average molecular weight is 252 g/mol. The fourth-order valence-corrected chi connectivity index (χ4v) is 2.65. The molecule has 0 aromatic rings. The summed E-state index contributed by atoms with van der Waals surface area (Å²) in [5, 5.41) is 11.2. The van der Waals surface area contributed by atoms with Crippen molar-refractivity contribution in [3.8, 4) is 6.07 Å². The van der Waals surface area contributed by atoms with Crippen LogP contribution in [0.4, 0.5) is 13.2 Å². The lowest BCUT2D eigenvalue weighted by molar-refractivity contribution is -0.157. The Morgan fingerprint density at radius 2 is 2.12 bits per heavy atom. The quantitative estimate of drug-likeness (QED) is 0.817. The largest absolute Gasteiger partial charge is 0.405 e. The van der Waals surface area contributed by atoms with Gasteiger partial charge in [0, 0.05) is 17.8 Å². The smallest absolute Gasteiger partial charge is 0.314 e. The molecule has 16 heavy (non-hydrogen) atoms. The first-order chi connectivity index (χ1) is 7.43. The van der Waals surface area contributed by atoms with Crippen LogP contribution < -0.4 is 5.32 Å². The van der Waals surface area contributed by atoms with Crippen molar-refractivity contribution >= 4 is 11.8 Å². The Labute approximate surface area is 97.6 Å². The molecule has 2 nitrogen and oxygen atoms in total. The molecule has 0 saturated heterocycles. The number of nitriles is 1. The average Bonchev–Trinajstić information content (AvgIpc) is 2.14. The van der Waals surface area contributed by atoms with Gasteiger partial charge in [-0.1, -0.05) is 6.42 Å². The lowest BCUT2D eigenvalue weighted by Crippen LogP contribution is -2.45. The van der Waals surface area contributed by atoms with Crippen LogP contribution in [0.25, 0.3) is 0 Å². The lowest BCUT2D eigenvalue weighted by Gasteiger charge is -2.40. The van der Waals surface area contributed by atoms with Gasteiger partial charge >= 0.3 is 6.18 Å². The van der Waals surface area contributed by atoms with Gasteiger partial charge in [0.1, 0.15) is 0 Å². The van der Waals surface area contributed by atoms with Gasteiger partial charge in [-0.3, -0.25) is 0 Å². The summed E-state index contributed by atoms with van der Waals surface area (Å²) < 4.78 is 36.9. The highest BCUT2D eigenvalue weighted by Crippen LogP contribution is 2.42. The summed E-state index contributed by atoms with van der Waals surface area (Å²) in [4.78, 5) is 0. The minimum atomic E-state index is -4.42. The Balaban J connectivity index is 2.32. The number of rotatable bonds is 5. The second-order valence-corrected chi connectivity index (χ2v) is 5.37. The zero-order valence-corrected chi connectivity index (χ0v) is 9.92. The number of thioether (sulfide) groups is 1. The highest BCUT2D eigenvalue weighted by molar-refractivity contribution is 8.00. The molecule has 92 valence electrons. The molecule has 0 bridgehead atoms. The lowest BCUT2D eigenvalue weighted by atomic mass is 9.84. The molecule has 0 spiro atoms. The van der Waals surface area contributed by atoms with E-state index >= 15 is 0 Å². The molecule has 1 aliphatic rings. The number of hydrogen-bond acceptors (Lipinski definition) is 3. The molecule has 1 unspecified atom stereocenters. The third-order valence-corrected chi connectivity index (χ3v) is 4.46. The Hall–Kier alpha value is -0.410. The molecule has 1 N–H and O–H groups in total. The van der Waals surface area contributed by atoms with Crippen LogP contribution in [0.3, 0.4) is 0 Å². The van der Waals surface area contributed by atoms with Crippen LogP contribution >= 0.6 is 11.8 Å². The molecule has 0 aromatic carbocycles. The second kappa shape index (κ2) is 5.28. The fraction of sp³-hybridized carbons (Fsp3) is 0.900. The van der Waals surface area contributed by atoms with Gasteiger partial charge in [0.15, 0.2) is 5.92 Å². The normalized spacial score (nSPS) is 20.9. The maximum atomic E-state index is 12.3. The predicted molar refractivity (Wildman–Crippen MR) is 58.1 cm³/mol. The van der Waals surface area contributed by atoms with Gasteiger partial charge < -0.3 is 5.32 Å². The molecule has 1 fully saturated rings. The van der Waals surface area contributed by atoms with E-state index in [-0.39, 0.29) is 11.3 Å². The SMILES string of the molecule is CSC1(CNCC(C#N)C(F)(F)F)CCC1. The zero-order chi connectivity index (χ0) is 12.2. The standard InChI is InChI=1S/C10H15F3N2S/c1-16-9(3-2-4-9)7-15-6-8(5-14)10(11,12)13/h8,15H,2-4,6-7H2,1H3. The molecule has 0 aliphatic heterocycles. The van der Waals surface area contributed by atoms with E-state index in [0.717, 1.165) is 19.3 Å². The number of nitrogens with one attached hydrogen (secondary N) is 1. The number of hydrogen-bond donors (Lipinski definition) is 1. The number of alkyl halides is 3. The topological polar surface area (TPSA) is 35.8 Å². The van der Waals surface area contributed by atoms with Crippen LogP contribution in [0.5, 0.6) is 0 Å². The van der Waals surface area contributed by atoms with E-state index < -0.39 is 12.1 Å². The van der Waals surface area contributed by atoms with Gasteiger partial charge in [0.25, 0.3) is 0 Å². The van der Waals surface area contributed by atoms with Crippen molar-refractivity contribution in [3.63, 3.8) is 0 Å². The molecule has 1 rings (SSSR count). The molecular weight excluding hydrogens is 237 g/mol. The third kappa shape index (κ3) is 3.29. The van der Waals surface area contributed by atoms with Crippen molar-refractivity contribution in [2.45, 2.75) is 30.2 Å². The monoisotopic (exact) mass is 252 g/mol. The molecule has 6 heteroatoms. The zero-order valence-electron chi connectivity index (χ0n) is 9.10. The molecule has 0 aromatic heterocycles. The number of halogens is 3. The van der Waals surface area contributed by atoms with Gasteiger partial charge in [-0.15, -0.1) is 0 Å². The van der Waals surface area contributed by atoms with Crippen LogP contribution in [-0.2, 0) is 0 Å². The molecule has 0 heterocycles. The van der Waals surface area contributed by atoms with E-state index in [1.807, 2.05) is 6.26 Å². The van der Waals surface area contributed by atoms with E-state index in [1.165, 1.54) is 6.07 Å². The van der Waals surface area contributed by atoms with Gasteiger partial charge in [0.2, 0.25) is 0 Å². The highest BCUT2D eigenvalue weighted by Gasteiger charge is 2.41. The van der Waals surface area contributed by atoms with Crippen molar-refractivity contribution in [1.29, 1.82) is 5.26 Å². The molecule has 1 aliphatic carbocycles. The van der Waals surface area contributed by atoms with E-state index in [0.29, 0.717) is 6.54 Å². The Bertz CT molecular complexity index is 263. The molecule has 0 radical (unpaired) electrons. The Morgan fingerprint density at radius 1 is 1.50 bits per heavy atom. The summed E-state index contributed by atoms with van der Waals surface area (Å²) in [6.07, 6.45) is 0.790. The minimum Gasteiger partial charge on any atom is -0.314 e. The summed E-state index contributed by atoms with van der Waals surface area (Å²) in [5.41, 5.74) is 0. The fourth-order valence-electron chi connectivity index (χ4n) is 1.70. The second-order valence-electron chi connectivity index (χ2n) is 4.09. The van der Waals surface area contributed by atoms with E-state index in [4.69, 9.17) is 5.26 Å². The summed E-state index contributed by atoms with van der Waals surface area (Å²) in [7, 11) is 0. The third-order valence-electron chi connectivity index (χ3n) is 3.04. The van der Waals surface area contributed by atoms with Crippen LogP contribution in [0.15, 0.2) is 0 Å². The first-order valence-electron chi connectivity index (χ1n) is 5.16. The van der Waals surface area contributed by atoms with E-state index in [1.54, 1.807) is 11.8 Å². The van der Waals surface area contributed by atoms with Crippen LogP contribution in [0.2, 0.25) is 0 Å². The van der Waals surface area contributed by atoms with Crippen LogP contribution in [-0.4, -0.2) is 30.3 Å². The van der Waals surface area contributed by atoms with Gasteiger partial charge in [-0.2, -0.15) is 30.2 Å². The first kappa shape index (κ1) is 13.7. The molecule has 0 amide bonds. The van der Waals surface area contributed by atoms with Gasteiger partial charge in [0.05, 0.1) is 6.07 Å². The van der Waals surface area contributed by atoms with Crippen LogP contribution in [0, 0.1) is 17.2 Å². The van der Waals surface area contributed by atoms with Gasteiger partial charge in [-0.05, 0) is 19.1 Å². The van der Waals surface area contributed by atoms with Crippen LogP contribution in [0.1, 0.15) is 19.3 Å². The van der Waals surface area contributed by atoms with E-state index in [2.05, 4.69) is 5.32 Å². The Morgan fingerprint density at radius 3 is 2.44 bits per heavy atom. The molecule has 1 saturated carbocycles. The summed E-state index contributed by atoms with van der Waals surface area (Å²) in [6, 6.07) is 1.29. The first-order valence-corrected chi connectivity index (χ1v) is 6.38. The van der Waals surface area contributed by atoms with Crippen molar-refractivity contribution in [2.24, 2.45) is 5.92 Å². The summed E-state index contributed by atoms with van der Waals surface area (Å²) in [6.45, 7) is 0.255. The molecule has 1 atom stereocenters. The maximum Gasteiger partial charge on any atom is 0.405 e. The van der Waals surface area contributed by atoms with Crippen molar-refractivity contribution in [3.05, 3.63) is 0 Å². The van der Waals surface area contributed by atoms with Crippen molar-refractivity contribution in [2.75, 3.05) is 19.3 Å². The summed E-state index contributed by atoms with van der Waals surface area (Å²) in [5.74, 6) is -1.90. The molecular formula is C10H15F3N2S.